The lowest BCUT2D eigenvalue weighted by Crippen LogP contribution is -2.03. The molecule has 0 aliphatic rings. The molecule has 2 aromatic rings. The Morgan fingerprint density at radius 3 is 2.78 bits per heavy atom. The highest BCUT2D eigenvalue weighted by molar-refractivity contribution is 6.28. The second kappa shape index (κ2) is 5.10. The first-order valence-corrected chi connectivity index (χ1v) is 5.67. The van der Waals surface area contributed by atoms with Crippen LogP contribution in [0.4, 0.5) is 5.82 Å². The van der Waals surface area contributed by atoms with Crippen LogP contribution in [-0.2, 0) is 0 Å². The Kier molecular flexibility index (Phi) is 3.53. The van der Waals surface area contributed by atoms with Gasteiger partial charge in [0.2, 0.25) is 5.28 Å². The number of pyridine rings is 1. The van der Waals surface area contributed by atoms with Crippen molar-refractivity contribution in [2.24, 2.45) is 0 Å². The van der Waals surface area contributed by atoms with Crippen molar-refractivity contribution in [3.63, 3.8) is 0 Å². The quantitative estimate of drug-likeness (QED) is 0.680. The largest absolute Gasteiger partial charge is 0.373 e. The smallest absolute Gasteiger partial charge is 0.222 e. The number of nitrogens with zero attached hydrogens (tertiary/aromatic N) is 3. The van der Waals surface area contributed by atoms with Crippen molar-refractivity contribution >= 4 is 23.2 Å². The van der Waals surface area contributed by atoms with Crippen LogP contribution in [0.5, 0.6) is 0 Å². The molecule has 1 N–H and O–H groups in total. The Balaban J connectivity index is 2.53. The normalized spacial score (nSPS) is 10.2. The van der Waals surface area contributed by atoms with E-state index in [9.17, 15) is 4.79 Å². The predicted octanol–water partition coefficient (Wildman–Crippen LogP) is 2.44. The first-order chi connectivity index (χ1) is 8.61. The maximum atomic E-state index is 11.5. The maximum absolute atomic E-state index is 11.5. The molecule has 0 bridgehead atoms. The molecule has 92 valence electrons. The Morgan fingerprint density at radius 1 is 1.39 bits per heavy atom. The number of anilines is 1. The molecule has 6 heteroatoms. The minimum atomic E-state index is -0.0612. The Morgan fingerprint density at radius 2 is 2.17 bits per heavy atom. The van der Waals surface area contributed by atoms with Gasteiger partial charge in [0, 0.05) is 25.0 Å². The van der Waals surface area contributed by atoms with E-state index < -0.39 is 0 Å². The van der Waals surface area contributed by atoms with Crippen LogP contribution in [0.3, 0.4) is 0 Å². The molecule has 0 saturated heterocycles. The summed E-state index contributed by atoms with van der Waals surface area (Å²) in [4.78, 5) is 23.6. The number of hydrogen-bond acceptors (Lipinski definition) is 5. The molecule has 0 aliphatic heterocycles. The number of carbonyl (C=O) groups is 1. The van der Waals surface area contributed by atoms with Gasteiger partial charge in [-0.05, 0) is 30.7 Å². The number of rotatable bonds is 3. The topological polar surface area (TPSA) is 67.8 Å². The zero-order valence-electron chi connectivity index (χ0n) is 9.94. The van der Waals surface area contributed by atoms with Crippen LogP contribution in [0, 0.1) is 0 Å². The van der Waals surface area contributed by atoms with Crippen molar-refractivity contribution < 1.29 is 4.79 Å². The highest BCUT2D eigenvalue weighted by Gasteiger charge is 2.10. The van der Waals surface area contributed by atoms with Crippen LogP contribution in [0.25, 0.3) is 11.3 Å². The van der Waals surface area contributed by atoms with Crippen LogP contribution >= 0.6 is 11.6 Å². The monoisotopic (exact) mass is 262 g/mol. The van der Waals surface area contributed by atoms with Gasteiger partial charge in [-0.2, -0.15) is 0 Å². The van der Waals surface area contributed by atoms with Crippen molar-refractivity contribution in [3.05, 3.63) is 35.4 Å². The molecule has 5 nitrogen and oxygen atoms in total. The standard InChI is InChI=1S/C12H11ClN4O/c1-7(18)9-5-8(6-16-11(9)14-2)10-3-4-15-12(13)17-10/h3-6H,1-2H3,(H,14,16). The third-order valence-electron chi connectivity index (χ3n) is 2.43. The molecule has 0 spiro atoms. The highest BCUT2D eigenvalue weighted by Crippen LogP contribution is 2.22. The van der Waals surface area contributed by atoms with Crippen molar-refractivity contribution in [1.29, 1.82) is 0 Å². The van der Waals surface area contributed by atoms with E-state index in [4.69, 9.17) is 11.6 Å². The molecule has 2 heterocycles. The van der Waals surface area contributed by atoms with Crippen LogP contribution in [-0.4, -0.2) is 27.8 Å². The van der Waals surface area contributed by atoms with E-state index in [0.29, 0.717) is 17.1 Å². The SMILES string of the molecule is CNc1ncc(-c2ccnc(Cl)n2)cc1C(C)=O. The average Bonchev–Trinajstić information content (AvgIpc) is 2.38. The highest BCUT2D eigenvalue weighted by atomic mass is 35.5. The Hall–Kier alpha value is -2.01. The van der Waals surface area contributed by atoms with E-state index >= 15 is 0 Å². The van der Waals surface area contributed by atoms with E-state index in [-0.39, 0.29) is 11.1 Å². The van der Waals surface area contributed by atoms with Gasteiger partial charge in [0.05, 0.1) is 11.3 Å². The molecule has 0 unspecified atom stereocenters. The van der Waals surface area contributed by atoms with E-state index in [0.717, 1.165) is 5.56 Å². The second-order valence-corrected chi connectivity index (χ2v) is 3.98. The minimum Gasteiger partial charge on any atom is -0.373 e. The molecule has 0 radical (unpaired) electrons. The number of ketones is 1. The third-order valence-corrected chi connectivity index (χ3v) is 2.61. The van der Waals surface area contributed by atoms with Gasteiger partial charge in [-0.1, -0.05) is 0 Å². The molecule has 0 amide bonds. The summed E-state index contributed by atoms with van der Waals surface area (Å²) in [6, 6.07) is 3.45. The van der Waals surface area contributed by atoms with Crippen molar-refractivity contribution in [2.45, 2.75) is 6.92 Å². The van der Waals surface area contributed by atoms with E-state index in [1.807, 2.05) is 0 Å². The predicted molar refractivity (Wildman–Crippen MR) is 69.8 cm³/mol. The molecule has 2 rings (SSSR count). The average molecular weight is 263 g/mol. The number of hydrogen-bond donors (Lipinski definition) is 1. The number of nitrogens with one attached hydrogen (secondary N) is 1. The summed E-state index contributed by atoms with van der Waals surface area (Å²) in [5, 5.41) is 3.04. The Bertz CT molecular complexity index is 600. The third kappa shape index (κ3) is 2.46. The minimum absolute atomic E-state index is 0.0612. The fourth-order valence-corrected chi connectivity index (χ4v) is 1.72. The molecule has 0 saturated carbocycles. The molecule has 0 fully saturated rings. The molecule has 2 aromatic heterocycles. The summed E-state index contributed by atoms with van der Waals surface area (Å²) < 4.78 is 0. The van der Waals surface area contributed by atoms with Gasteiger partial charge in [0.15, 0.2) is 5.78 Å². The van der Waals surface area contributed by atoms with Crippen molar-refractivity contribution in [2.75, 3.05) is 12.4 Å². The van der Waals surface area contributed by atoms with Crippen LogP contribution in [0.2, 0.25) is 5.28 Å². The number of aromatic nitrogens is 3. The summed E-state index contributed by atoms with van der Waals surface area (Å²) in [5.74, 6) is 0.486. The van der Waals surface area contributed by atoms with Crippen molar-refractivity contribution in [3.8, 4) is 11.3 Å². The number of halogens is 1. The van der Waals surface area contributed by atoms with Crippen LogP contribution in [0.15, 0.2) is 24.5 Å². The molecular formula is C12H11ClN4O. The molecule has 0 atom stereocenters. The van der Waals surface area contributed by atoms with Crippen molar-refractivity contribution in [1.82, 2.24) is 15.0 Å². The first kappa shape index (κ1) is 12.4. The van der Waals surface area contributed by atoms with Gasteiger partial charge >= 0.3 is 0 Å². The van der Waals surface area contributed by atoms with Gasteiger partial charge in [-0.15, -0.1) is 0 Å². The number of Topliss-reactive ketones (excluding diaryl/α,β-unsaturated/α-hetero) is 1. The van der Waals surface area contributed by atoms with Gasteiger partial charge < -0.3 is 5.32 Å². The zero-order chi connectivity index (χ0) is 13.1. The van der Waals surface area contributed by atoms with Gasteiger partial charge in [0.1, 0.15) is 5.82 Å². The summed E-state index contributed by atoms with van der Waals surface area (Å²) in [5.41, 5.74) is 1.88. The van der Waals surface area contributed by atoms with E-state index in [1.165, 1.54) is 6.92 Å². The fraction of sp³-hybridized carbons (Fsp3) is 0.167. The lowest BCUT2D eigenvalue weighted by molar-refractivity contribution is 0.101. The summed E-state index contributed by atoms with van der Waals surface area (Å²) in [6.07, 6.45) is 3.20. The van der Waals surface area contributed by atoms with Gasteiger partial charge in [0.25, 0.3) is 0 Å². The summed E-state index contributed by atoms with van der Waals surface area (Å²) >= 11 is 5.73. The lowest BCUT2D eigenvalue weighted by atomic mass is 10.1. The zero-order valence-corrected chi connectivity index (χ0v) is 10.7. The van der Waals surface area contributed by atoms with Gasteiger partial charge in [-0.3, -0.25) is 4.79 Å². The first-order valence-electron chi connectivity index (χ1n) is 5.29. The van der Waals surface area contributed by atoms with Crippen LogP contribution < -0.4 is 5.32 Å². The molecular weight excluding hydrogens is 252 g/mol. The molecule has 0 aliphatic carbocycles. The molecule has 0 aromatic carbocycles. The number of carbonyl (C=O) groups excluding carboxylic acids is 1. The fourth-order valence-electron chi connectivity index (χ4n) is 1.57. The summed E-state index contributed by atoms with van der Waals surface area (Å²) in [7, 11) is 1.72. The van der Waals surface area contributed by atoms with Gasteiger partial charge in [-0.25, -0.2) is 15.0 Å². The summed E-state index contributed by atoms with van der Waals surface area (Å²) in [6.45, 7) is 1.49. The molecule has 18 heavy (non-hydrogen) atoms. The van der Waals surface area contributed by atoms with E-state index in [2.05, 4.69) is 20.3 Å². The van der Waals surface area contributed by atoms with Crippen LogP contribution in [0.1, 0.15) is 17.3 Å². The maximum Gasteiger partial charge on any atom is 0.222 e. The Labute approximate surface area is 109 Å². The second-order valence-electron chi connectivity index (χ2n) is 3.64. The van der Waals surface area contributed by atoms with E-state index in [1.54, 1.807) is 31.6 Å². The lowest BCUT2D eigenvalue weighted by Gasteiger charge is -2.07.